The molecule has 2 aliphatic heterocycles. The van der Waals surface area contributed by atoms with Crippen molar-refractivity contribution in [1.82, 2.24) is 35.6 Å². The average molecular weight is 618 g/mol. The van der Waals surface area contributed by atoms with Gasteiger partial charge in [0.1, 0.15) is 5.37 Å². The first kappa shape index (κ1) is 30.7. The number of carboxylic acid groups (broad SMARTS) is 1. The van der Waals surface area contributed by atoms with Crippen LogP contribution in [-0.4, -0.2) is 92.4 Å². The van der Waals surface area contributed by atoms with Gasteiger partial charge in [-0.15, -0.1) is 16.9 Å². The fraction of sp³-hybridized carbons (Fsp3) is 0.471. The summed E-state index contributed by atoms with van der Waals surface area (Å²) in [5.41, 5.74) is -3.15. The van der Waals surface area contributed by atoms with Crippen LogP contribution in [0.3, 0.4) is 0 Å². The monoisotopic (exact) mass is 617 g/mol. The number of thioether (sulfide) groups is 2. The van der Waals surface area contributed by atoms with Gasteiger partial charge in [-0.1, -0.05) is 23.4 Å². The number of carbonyl (C=O) groups excluding carboxylic acids is 3. The van der Waals surface area contributed by atoms with Gasteiger partial charge >= 0.3 is 29.6 Å². The number of rotatable bonds is 9. The number of halogens is 1. The van der Waals surface area contributed by atoms with E-state index in [4.69, 9.17) is 20.9 Å². The quantitative estimate of drug-likeness (QED) is 0.116. The Bertz CT molecular complexity index is 1490. The Morgan fingerprint density at radius 1 is 1.45 bits per heavy atom. The Hall–Kier alpha value is -1.87. The Balaban J connectivity index is 0.00000400. The van der Waals surface area contributed by atoms with Gasteiger partial charge in [-0.25, -0.2) is 13.1 Å². The molecule has 38 heavy (non-hydrogen) atoms. The molecule has 2 aromatic rings. The molecular formula is C17H17ClN7NaO9S3. The first-order chi connectivity index (χ1) is 17.3. The van der Waals surface area contributed by atoms with Crippen LogP contribution in [0.4, 0.5) is 0 Å². The maximum atomic E-state index is 13.3. The number of carbonyl (C=O) groups is 3. The number of methoxy groups -OCH3 is 1. The van der Waals surface area contributed by atoms with Crippen LogP contribution >= 0.6 is 35.1 Å². The zero-order valence-corrected chi connectivity index (χ0v) is 25.3. The van der Waals surface area contributed by atoms with Crippen molar-refractivity contribution in [2.45, 2.75) is 21.5 Å². The second kappa shape index (κ2) is 11.3. The summed E-state index contributed by atoms with van der Waals surface area (Å²) in [4.78, 5) is 51.0. The van der Waals surface area contributed by atoms with E-state index in [2.05, 4.69) is 20.8 Å². The number of fused-ring (bicyclic) bond motifs is 1. The predicted molar refractivity (Wildman–Crippen MR) is 124 cm³/mol. The minimum Gasteiger partial charge on any atom is -0.543 e. The van der Waals surface area contributed by atoms with Crippen molar-refractivity contribution in [2.75, 3.05) is 24.9 Å². The number of carboxylic acids is 1. The summed E-state index contributed by atoms with van der Waals surface area (Å²) in [6.45, 7) is 0. The number of aromatic nitrogens is 5. The fourth-order valence-corrected chi connectivity index (χ4v) is 7.45. The first-order valence-corrected chi connectivity index (χ1v) is 14.4. The number of β-lactam (4-membered cyclic amide) rings is 1. The molecule has 16 nitrogen and oxygen atoms in total. The third kappa shape index (κ3) is 5.17. The summed E-state index contributed by atoms with van der Waals surface area (Å²) in [6, 6.07) is 0. The third-order valence-corrected chi connectivity index (χ3v) is 9.58. The molecule has 0 aliphatic carbocycles. The van der Waals surface area contributed by atoms with Crippen LogP contribution in [0.15, 0.2) is 25.7 Å². The summed E-state index contributed by atoms with van der Waals surface area (Å²) in [5, 5.41) is 23.7. The number of hydrogen-bond acceptors (Lipinski definition) is 14. The molecule has 2 aliphatic rings. The normalized spacial score (nSPS) is 21.8. The van der Waals surface area contributed by atoms with Gasteiger partial charge in [-0.2, -0.15) is 5.16 Å². The fourth-order valence-electron chi connectivity index (χ4n) is 3.77. The van der Waals surface area contributed by atoms with Crippen LogP contribution < -0.4 is 45.5 Å². The zero-order chi connectivity index (χ0) is 27.3. The van der Waals surface area contributed by atoms with Crippen LogP contribution in [0.25, 0.3) is 0 Å². The number of hydrogen-bond donors (Lipinski definition) is 2. The summed E-state index contributed by atoms with van der Waals surface area (Å²) >= 11 is 8.02. The minimum absolute atomic E-state index is 0. The molecule has 1 saturated heterocycles. The van der Waals surface area contributed by atoms with Gasteiger partial charge in [0, 0.05) is 31.9 Å². The van der Waals surface area contributed by atoms with E-state index in [-0.39, 0.29) is 41.1 Å². The van der Waals surface area contributed by atoms with E-state index in [1.807, 2.05) is 5.16 Å². The SMILES string of the molecule is CO[C@@]1(NC(=O)C(c2o[nH]c(=O)c2Cl)S(C)(=O)=O)C(=O)N2C(C(=O)[O-])=C(CSc3nnnn3C)CS[C@H]21.[Na+]. The molecule has 0 aromatic carbocycles. The van der Waals surface area contributed by atoms with E-state index in [1.54, 1.807) is 7.05 Å². The van der Waals surface area contributed by atoms with Crippen LogP contribution in [0, 0.1) is 0 Å². The van der Waals surface area contributed by atoms with Crippen molar-refractivity contribution in [3.63, 3.8) is 0 Å². The Labute approximate surface area is 249 Å². The van der Waals surface area contributed by atoms with Crippen molar-refractivity contribution in [3.8, 4) is 0 Å². The standard InChI is InChI=1S/C17H18ClN7O9S3.Na/c1-24-16(20-22-23-24)36-5-6-4-35-15-17(33-2,14(30)25(15)8(6)13(28)29)19-12(27)10(37(3,31)32)9-7(18)11(26)21-34-9;/h10,15H,4-5H2,1-3H3,(H,19,27)(H,21,26)(H,28,29);/q;+1/p-1/t10?,15-,17-;/m0./s1. The van der Waals surface area contributed by atoms with Crippen molar-refractivity contribution in [3.05, 3.63) is 32.4 Å². The molecule has 1 unspecified atom stereocenters. The summed E-state index contributed by atoms with van der Waals surface area (Å²) in [7, 11) is -1.58. The minimum atomic E-state index is -4.27. The van der Waals surface area contributed by atoms with Crippen LogP contribution in [0.2, 0.25) is 5.02 Å². The number of aryl methyl sites for hydroxylation is 1. The van der Waals surface area contributed by atoms with E-state index < -0.39 is 66.0 Å². The maximum Gasteiger partial charge on any atom is 1.00 e. The topological polar surface area (TPSA) is 223 Å². The van der Waals surface area contributed by atoms with Gasteiger partial charge in [0.2, 0.25) is 16.3 Å². The number of aliphatic carboxylic acids is 1. The molecule has 0 radical (unpaired) electrons. The van der Waals surface area contributed by atoms with Crippen molar-refractivity contribution in [2.24, 2.45) is 7.05 Å². The largest absolute Gasteiger partial charge is 1.00 e. The molecule has 4 rings (SSSR count). The molecule has 1 fully saturated rings. The van der Waals surface area contributed by atoms with E-state index in [1.165, 1.54) is 4.68 Å². The number of amides is 2. The Morgan fingerprint density at radius 3 is 2.63 bits per heavy atom. The van der Waals surface area contributed by atoms with Crippen LogP contribution in [-0.2, 0) is 36.0 Å². The summed E-state index contributed by atoms with van der Waals surface area (Å²) in [6.07, 6.45) is 0.706. The van der Waals surface area contributed by atoms with Gasteiger partial charge in [0.15, 0.2) is 20.6 Å². The maximum absolute atomic E-state index is 13.3. The molecule has 0 bridgehead atoms. The molecule has 2 amide bonds. The van der Waals surface area contributed by atoms with Crippen LogP contribution in [0.1, 0.15) is 11.0 Å². The number of sulfone groups is 1. The number of aromatic amines is 1. The molecule has 200 valence electrons. The van der Waals surface area contributed by atoms with Gasteiger partial charge in [0.25, 0.3) is 17.2 Å². The average Bonchev–Trinajstić information content (AvgIpc) is 3.39. The molecule has 2 N–H and O–H groups in total. The molecule has 0 saturated carbocycles. The molecule has 0 spiro atoms. The molecule has 2 aromatic heterocycles. The number of nitrogens with zero attached hydrogens (tertiary/aromatic N) is 5. The molecular weight excluding hydrogens is 601 g/mol. The van der Waals surface area contributed by atoms with Gasteiger partial charge in [-0.3, -0.25) is 19.3 Å². The number of H-pyrrole nitrogens is 1. The number of ether oxygens (including phenoxy) is 1. The number of tetrazole rings is 1. The van der Waals surface area contributed by atoms with Crippen LogP contribution in [0.5, 0.6) is 0 Å². The Morgan fingerprint density at radius 2 is 2.13 bits per heavy atom. The number of nitrogens with one attached hydrogen (secondary N) is 2. The van der Waals surface area contributed by atoms with E-state index >= 15 is 0 Å². The zero-order valence-electron chi connectivity index (χ0n) is 20.1. The van der Waals surface area contributed by atoms with E-state index in [0.29, 0.717) is 17.0 Å². The first-order valence-electron chi connectivity index (χ1n) is 10.00. The van der Waals surface area contributed by atoms with Gasteiger partial charge in [0.05, 0.1) is 11.7 Å². The second-order valence-corrected chi connectivity index (χ2v) is 12.3. The van der Waals surface area contributed by atoms with E-state index in [9.17, 15) is 32.7 Å². The predicted octanol–water partition coefficient (Wildman–Crippen LogP) is -5.60. The van der Waals surface area contributed by atoms with Gasteiger partial charge < -0.3 is 24.5 Å². The van der Waals surface area contributed by atoms with Gasteiger partial charge in [-0.05, 0) is 16.0 Å². The smallest absolute Gasteiger partial charge is 0.543 e. The molecule has 21 heteroatoms. The van der Waals surface area contributed by atoms with Crippen molar-refractivity contribution in [1.29, 1.82) is 0 Å². The Kier molecular flexibility index (Phi) is 9.13. The van der Waals surface area contributed by atoms with Crippen molar-refractivity contribution < 1.29 is 66.7 Å². The summed E-state index contributed by atoms with van der Waals surface area (Å²) in [5.74, 6) is -4.34. The second-order valence-electron chi connectivity index (χ2n) is 7.80. The van der Waals surface area contributed by atoms with Crippen molar-refractivity contribution >= 4 is 62.7 Å². The van der Waals surface area contributed by atoms with E-state index in [0.717, 1.165) is 35.5 Å². The third-order valence-electron chi connectivity index (χ3n) is 5.46. The molecule has 4 heterocycles. The molecule has 3 atom stereocenters. The summed E-state index contributed by atoms with van der Waals surface area (Å²) < 4.78 is 36.3.